The Bertz CT molecular complexity index is 648. The smallest absolute Gasteiger partial charge is 0.292 e. The second-order valence-electron chi connectivity index (χ2n) is 6.69. The van der Waals surface area contributed by atoms with E-state index in [1.165, 1.54) is 46.0 Å². The zero-order valence-electron chi connectivity index (χ0n) is 17.3. The molecule has 0 saturated heterocycles. The largest absolute Gasteiger partial charge is 0.521 e. The van der Waals surface area contributed by atoms with Crippen molar-refractivity contribution < 1.29 is 39.9 Å². The molecule has 0 amide bonds. The van der Waals surface area contributed by atoms with Gasteiger partial charge in [-0.15, -0.1) is 24.3 Å². The van der Waals surface area contributed by atoms with Gasteiger partial charge in [0.25, 0.3) is 5.97 Å². The third-order valence-corrected chi connectivity index (χ3v) is 4.11. The maximum absolute atomic E-state index is 10.4. The number of aromatic carboxylic acids is 2. The molecule has 0 saturated carbocycles. The molecule has 1 radical (unpaired) electrons. The molecule has 0 aromatic heterocycles. The maximum Gasteiger partial charge on any atom is 0.292 e. The molecule has 153 valence electrons. The van der Waals surface area contributed by atoms with E-state index in [4.69, 9.17) is 10.2 Å². The minimum Gasteiger partial charge on any atom is -0.521 e. The van der Waals surface area contributed by atoms with E-state index in [-0.39, 0.29) is 39.2 Å². The Kier molecular flexibility index (Phi) is 13.3. The van der Waals surface area contributed by atoms with E-state index in [1.807, 2.05) is 0 Å². The van der Waals surface area contributed by atoms with Crippen LogP contribution in [-0.2, 0) is 20.1 Å². The van der Waals surface area contributed by atoms with Gasteiger partial charge in [-0.25, -0.2) is 0 Å². The minimum atomic E-state index is -1.28. The van der Waals surface area contributed by atoms with Crippen LogP contribution in [0.5, 0.6) is 0 Å². The summed E-state index contributed by atoms with van der Waals surface area (Å²) in [6, 6.07) is 6.35. The second-order valence-corrected chi connectivity index (χ2v) is 9.69. The summed E-state index contributed by atoms with van der Waals surface area (Å²) < 4.78 is 0. The molecule has 2 aromatic rings. The van der Waals surface area contributed by atoms with E-state index in [9.17, 15) is 9.59 Å². The van der Waals surface area contributed by atoms with Crippen LogP contribution in [-0.4, -0.2) is 42.1 Å². The van der Waals surface area contributed by atoms with E-state index in [2.05, 4.69) is 60.7 Å². The summed E-state index contributed by atoms with van der Waals surface area (Å²) in [6.07, 6.45) is 0. The van der Waals surface area contributed by atoms with Crippen molar-refractivity contribution in [1.29, 1.82) is 0 Å². The van der Waals surface area contributed by atoms with Gasteiger partial charge in [0.05, 0.1) is 0 Å². The van der Waals surface area contributed by atoms with Crippen LogP contribution in [0, 0.1) is 40.7 Å². The molecule has 0 aliphatic carbocycles. The molecule has 27 heavy (non-hydrogen) atoms. The van der Waals surface area contributed by atoms with E-state index in [0.717, 1.165) is 0 Å². The van der Waals surface area contributed by atoms with Gasteiger partial charge < -0.3 is 15.0 Å². The predicted octanol–water partition coefficient (Wildman–Crippen LogP) is 4.92. The number of carboxylic acids is 2. The first-order valence-electron chi connectivity index (χ1n) is 8.35. The Labute approximate surface area is 177 Å². The topological polar surface area (TPSA) is 74.6 Å². The van der Waals surface area contributed by atoms with Gasteiger partial charge in [0.15, 0.2) is 0 Å². The summed E-state index contributed by atoms with van der Waals surface area (Å²) in [5, 5.41) is 17.1. The predicted molar refractivity (Wildman–Crippen MR) is 111 cm³/mol. The summed E-state index contributed by atoms with van der Waals surface area (Å²) in [4.78, 5) is 20.9. The molecule has 2 N–H and O–H groups in total. The van der Waals surface area contributed by atoms with Crippen LogP contribution in [0.2, 0.25) is 0 Å². The van der Waals surface area contributed by atoms with Crippen LogP contribution in [0.4, 0.5) is 0 Å². The molecule has 2 rings (SSSR count). The first-order chi connectivity index (χ1) is 11.9. The van der Waals surface area contributed by atoms with Crippen molar-refractivity contribution in [2.24, 2.45) is 0 Å². The van der Waals surface area contributed by atoms with Gasteiger partial charge >= 0.3 is 0 Å². The normalized spacial score (nSPS) is 9.37. The number of rotatable bonds is 2. The number of hydrogen-bond acceptors (Lipinski definition) is 2. The average Bonchev–Trinajstić information content (AvgIpc) is 2.73. The molecule has 0 fully saturated rings. The Morgan fingerprint density at radius 2 is 1.37 bits per heavy atom. The summed E-state index contributed by atoms with van der Waals surface area (Å²) in [6.45, 7) is 17.8. The zero-order chi connectivity index (χ0) is 20.6. The molecular formula is C21H30IrO4P-. The van der Waals surface area contributed by atoms with E-state index in [1.54, 1.807) is 0 Å². The van der Waals surface area contributed by atoms with Gasteiger partial charge in [-0.1, -0.05) is 40.2 Å². The Morgan fingerprint density at radius 3 is 1.59 bits per heavy atom. The van der Waals surface area contributed by atoms with Crippen molar-refractivity contribution in [1.82, 2.24) is 0 Å². The standard InChI is InChI=1S/C10H15.C8H5O4.C3H9P.Ir/c1-6-7(2)9(4)10(5)8(6)3;9-7(10)5-3-1-2-4-6(5)8(11)12;1-4(2)3;/h1-5H3;1-3H,(H,9,10)(H,11,12);1-3H3;/q2*-1;;/p+1. The summed E-state index contributed by atoms with van der Waals surface area (Å²) in [7, 11) is 0.120. The fraction of sp³-hybridized carbons (Fsp3) is 0.381. The van der Waals surface area contributed by atoms with Gasteiger partial charge in [0.1, 0.15) is 0 Å². The van der Waals surface area contributed by atoms with E-state index in [0.29, 0.717) is 0 Å². The zero-order valence-corrected chi connectivity index (χ0v) is 20.7. The molecule has 0 aliphatic rings. The number of hydrogen-bond donors (Lipinski definition) is 2. The molecule has 4 nitrogen and oxygen atoms in total. The van der Waals surface area contributed by atoms with Crippen LogP contribution in [0.15, 0.2) is 18.2 Å². The van der Waals surface area contributed by atoms with Gasteiger partial charge in [0, 0.05) is 40.1 Å². The van der Waals surface area contributed by atoms with E-state index >= 15 is 0 Å². The van der Waals surface area contributed by atoms with Crippen LogP contribution in [0.25, 0.3) is 0 Å². The third-order valence-electron chi connectivity index (χ3n) is 4.11. The molecular weight excluding hydrogens is 539 g/mol. The Balaban J connectivity index is 0. The monoisotopic (exact) mass is 570 g/mol. The second kappa shape index (κ2) is 12.9. The number of carboxylic acid groups (broad SMARTS) is 2. The van der Waals surface area contributed by atoms with Crippen molar-refractivity contribution in [2.45, 2.75) is 34.6 Å². The van der Waals surface area contributed by atoms with Gasteiger partial charge in [-0.2, -0.15) is 27.8 Å². The maximum atomic E-state index is 10.4. The molecule has 6 heteroatoms. The summed E-state index contributed by atoms with van der Waals surface area (Å²) >= 11 is 0. The van der Waals surface area contributed by atoms with Crippen molar-refractivity contribution >= 4 is 19.9 Å². The van der Waals surface area contributed by atoms with E-state index < -0.39 is 11.9 Å². The molecule has 0 spiro atoms. The summed E-state index contributed by atoms with van der Waals surface area (Å²) in [5.74, 6) is -2.54. The van der Waals surface area contributed by atoms with Crippen LogP contribution in [0.1, 0.15) is 48.5 Å². The van der Waals surface area contributed by atoms with Crippen molar-refractivity contribution in [3.63, 3.8) is 0 Å². The molecule has 0 unspecified atom stereocenters. The SMILES string of the molecule is C[PH+](C)C.Cc1c(C)c(C)[c-](C)c1C.O=C(O)c1[c-]cccc1C(=O)O.[Ir]. The number of carbonyl (C=O) groups is 2. The van der Waals surface area contributed by atoms with Gasteiger partial charge in [-0.3, -0.25) is 4.79 Å². The van der Waals surface area contributed by atoms with Crippen LogP contribution in [0.3, 0.4) is 0 Å². The van der Waals surface area contributed by atoms with Gasteiger partial charge in [0.2, 0.25) is 5.97 Å². The molecule has 0 aliphatic heterocycles. The third kappa shape index (κ3) is 8.88. The van der Waals surface area contributed by atoms with Crippen LogP contribution >= 0.6 is 7.92 Å². The van der Waals surface area contributed by atoms with Crippen molar-refractivity contribution in [2.75, 3.05) is 20.0 Å². The molecule has 0 bridgehead atoms. The average molecular weight is 570 g/mol. The minimum absolute atomic E-state index is 0. The van der Waals surface area contributed by atoms with Gasteiger partial charge in [-0.05, 0) is 13.5 Å². The quantitative estimate of drug-likeness (QED) is 0.398. The first kappa shape index (κ1) is 27.8. The fourth-order valence-corrected chi connectivity index (χ4v) is 2.20. The van der Waals surface area contributed by atoms with Crippen molar-refractivity contribution in [3.05, 3.63) is 63.2 Å². The summed E-state index contributed by atoms with van der Waals surface area (Å²) in [5.41, 5.74) is 6.78. The molecule has 2 aromatic carbocycles. The Morgan fingerprint density at radius 1 is 0.963 bits per heavy atom. The van der Waals surface area contributed by atoms with Crippen LogP contribution < -0.4 is 0 Å². The first-order valence-corrected chi connectivity index (χ1v) is 11.3. The van der Waals surface area contributed by atoms with Crippen molar-refractivity contribution in [3.8, 4) is 0 Å². The fourth-order valence-electron chi connectivity index (χ4n) is 2.20. The Hall–Kier alpha value is -1.41. The molecule has 0 heterocycles. The molecule has 0 atom stereocenters. The number of benzene rings is 1.